The first kappa shape index (κ1) is 42.6. The maximum Gasteiger partial charge on any atom is 0.245 e. The molecule has 8 rings (SSSR count). The number of fused-ring (bicyclic) bond motifs is 1. The van der Waals surface area contributed by atoms with Gasteiger partial charge >= 0.3 is 0 Å². The van der Waals surface area contributed by atoms with Crippen LogP contribution in [0.5, 0.6) is 5.75 Å². The molecule has 9 heteroatoms. The standard InChI is InChI=1S/C55H49N5O4/c1-38-13-20-44(21-14-38)55(62)45-22-27-47(28-23-45)57-58-54-52-31-19-43(35-46(52)24-32-53(54)61)36-63-56-37-64-59-48-25-15-41(16-26-48)9-6-10-42-17-29-49(30-18-42)60(50-11-4-7-39(2)33-50)51-12-5-8-40(3)34-51/h4-5,7-8,11-35,37,59,61H,6,9-10,36H2,1-3H3. The van der Waals surface area contributed by atoms with Gasteiger partial charge in [0, 0.05) is 33.6 Å². The number of phenols is 1. The Morgan fingerprint density at radius 3 is 1.86 bits per heavy atom. The summed E-state index contributed by atoms with van der Waals surface area (Å²) in [5.74, 6) is -0.0541. The first-order valence-electron chi connectivity index (χ1n) is 21.3. The van der Waals surface area contributed by atoms with Crippen molar-refractivity contribution in [2.75, 3.05) is 10.4 Å². The highest BCUT2D eigenvalue weighted by molar-refractivity contribution is 6.09. The number of oxime groups is 1. The van der Waals surface area contributed by atoms with Gasteiger partial charge in [-0.15, -0.1) is 5.11 Å². The van der Waals surface area contributed by atoms with Crippen LogP contribution in [0.15, 0.2) is 191 Å². The second-order valence-electron chi connectivity index (χ2n) is 15.9. The molecule has 0 spiro atoms. The van der Waals surface area contributed by atoms with Crippen LogP contribution in [-0.2, 0) is 29.1 Å². The smallest absolute Gasteiger partial charge is 0.245 e. The summed E-state index contributed by atoms with van der Waals surface area (Å²) in [5, 5.41) is 24.8. The molecule has 0 unspecified atom stereocenters. The minimum Gasteiger partial charge on any atom is -0.506 e. The Labute approximate surface area is 373 Å². The lowest BCUT2D eigenvalue weighted by Gasteiger charge is -2.26. The summed E-state index contributed by atoms with van der Waals surface area (Å²) in [5.41, 5.74) is 16.2. The lowest BCUT2D eigenvalue weighted by atomic mass is 10.0. The topological polar surface area (TPSA) is 108 Å². The Hall–Kier alpha value is -8.04. The minimum atomic E-state index is -0.0619. The van der Waals surface area contributed by atoms with Gasteiger partial charge in [-0.2, -0.15) is 5.11 Å². The van der Waals surface area contributed by atoms with Gasteiger partial charge in [-0.05, 0) is 158 Å². The second kappa shape index (κ2) is 20.2. The van der Waals surface area contributed by atoms with E-state index in [2.05, 4.69) is 125 Å². The Kier molecular flexibility index (Phi) is 13.5. The van der Waals surface area contributed by atoms with Crippen molar-refractivity contribution in [3.63, 3.8) is 0 Å². The van der Waals surface area contributed by atoms with Crippen LogP contribution in [0.1, 0.15) is 55.7 Å². The lowest BCUT2D eigenvalue weighted by Crippen LogP contribution is -2.10. The van der Waals surface area contributed by atoms with Crippen LogP contribution in [0.3, 0.4) is 0 Å². The summed E-state index contributed by atoms with van der Waals surface area (Å²) in [6.45, 7) is 6.45. The molecule has 0 amide bonds. The summed E-state index contributed by atoms with van der Waals surface area (Å²) in [7, 11) is 0. The maximum absolute atomic E-state index is 12.9. The van der Waals surface area contributed by atoms with Gasteiger partial charge in [0.2, 0.25) is 6.40 Å². The number of nitrogens with one attached hydrogen (secondary N) is 1. The third-order valence-electron chi connectivity index (χ3n) is 10.9. The number of nitrogens with zero attached hydrogens (tertiary/aromatic N) is 4. The fraction of sp³-hybridized carbons (Fsp3) is 0.127. The monoisotopic (exact) mass is 843 g/mol. The zero-order valence-electron chi connectivity index (χ0n) is 36.1. The summed E-state index contributed by atoms with van der Waals surface area (Å²) >= 11 is 0. The molecule has 0 radical (unpaired) electrons. The molecule has 8 aromatic rings. The van der Waals surface area contributed by atoms with Gasteiger partial charge < -0.3 is 19.7 Å². The predicted molar refractivity (Wildman–Crippen MR) is 258 cm³/mol. The highest BCUT2D eigenvalue weighted by Crippen LogP contribution is 2.38. The van der Waals surface area contributed by atoms with Crippen molar-refractivity contribution in [2.45, 2.75) is 46.6 Å². The molecular formula is C55H49N5O4. The van der Waals surface area contributed by atoms with Crippen LogP contribution in [0.4, 0.5) is 34.1 Å². The molecule has 9 nitrogen and oxygen atoms in total. The lowest BCUT2D eigenvalue weighted by molar-refractivity contribution is 0.103. The number of phenolic OH excluding ortho intramolecular Hbond substituents is 1. The van der Waals surface area contributed by atoms with Crippen LogP contribution >= 0.6 is 0 Å². The van der Waals surface area contributed by atoms with Gasteiger partial charge in [-0.3, -0.25) is 4.79 Å². The number of carbonyl (C=O) groups excluding carboxylic acids is 1. The fourth-order valence-corrected chi connectivity index (χ4v) is 7.49. The van der Waals surface area contributed by atoms with Gasteiger partial charge in [0.15, 0.2) is 5.78 Å². The van der Waals surface area contributed by atoms with Gasteiger partial charge in [-0.25, -0.2) is 5.48 Å². The molecule has 64 heavy (non-hydrogen) atoms. The van der Waals surface area contributed by atoms with Gasteiger partial charge in [-0.1, -0.05) is 102 Å². The van der Waals surface area contributed by atoms with Crippen LogP contribution < -0.4 is 10.4 Å². The average Bonchev–Trinajstić information content (AvgIpc) is 3.31. The van der Waals surface area contributed by atoms with Crippen molar-refractivity contribution < 1.29 is 19.6 Å². The Morgan fingerprint density at radius 2 is 1.22 bits per heavy atom. The summed E-state index contributed by atoms with van der Waals surface area (Å²) in [4.78, 5) is 26.0. The number of anilines is 4. The van der Waals surface area contributed by atoms with E-state index in [1.54, 1.807) is 30.3 Å². The molecule has 0 saturated heterocycles. The first-order chi connectivity index (χ1) is 31.3. The number of aromatic hydroxyl groups is 1. The van der Waals surface area contributed by atoms with Crippen LogP contribution in [0, 0.1) is 20.8 Å². The minimum absolute atomic E-state index is 0.00784. The zero-order chi connectivity index (χ0) is 44.3. The second-order valence-corrected chi connectivity index (χ2v) is 15.9. The van der Waals surface area contributed by atoms with E-state index in [-0.39, 0.29) is 18.1 Å². The van der Waals surface area contributed by atoms with Crippen molar-refractivity contribution in [1.82, 2.24) is 0 Å². The number of hydrogen-bond acceptors (Lipinski definition) is 9. The van der Waals surface area contributed by atoms with Crippen molar-refractivity contribution in [3.05, 3.63) is 220 Å². The first-order valence-corrected chi connectivity index (χ1v) is 21.3. The molecule has 0 aliphatic heterocycles. The number of rotatable bonds is 17. The summed E-state index contributed by atoms with van der Waals surface area (Å²) in [6.07, 6.45) is 4.20. The highest BCUT2D eigenvalue weighted by Gasteiger charge is 2.14. The van der Waals surface area contributed by atoms with Gasteiger partial charge in [0.1, 0.15) is 18.0 Å². The summed E-state index contributed by atoms with van der Waals surface area (Å²) < 4.78 is 0. The molecule has 2 N–H and O–H groups in total. The average molecular weight is 844 g/mol. The fourth-order valence-electron chi connectivity index (χ4n) is 7.49. The van der Waals surface area contributed by atoms with Crippen molar-refractivity contribution in [2.24, 2.45) is 15.4 Å². The largest absolute Gasteiger partial charge is 0.506 e. The molecule has 0 saturated carbocycles. The number of ketones is 1. The SMILES string of the molecule is Cc1ccc(C(=O)c2ccc(N=Nc3c(O)ccc4cc(CON=CONc5ccc(CCCc6ccc(N(c7cccc(C)c7)c7cccc(C)c7)cc6)cc5)ccc34)cc2)cc1. The summed E-state index contributed by atoms with van der Waals surface area (Å²) in [6, 6.07) is 57.8. The van der Waals surface area contributed by atoms with E-state index in [9.17, 15) is 9.90 Å². The molecule has 0 heterocycles. The number of hydrogen-bond donors (Lipinski definition) is 2. The van der Waals surface area contributed by atoms with E-state index in [0.29, 0.717) is 22.5 Å². The number of aryl methyl sites for hydroxylation is 5. The van der Waals surface area contributed by atoms with Gasteiger partial charge in [0.05, 0.1) is 11.4 Å². The Bertz CT molecular complexity index is 2860. The molecule has 318 valence electrons. The van der Waals surface area contributed by atoms with Crippen molar-refractivity contribution in [3.8, 4) is 5.75 Å². The van der Waals surface area contributed by atoms with E-state index < -0.39 is 0 Å². The zero-order valence-corrected chi connectivity index (χ0v) is 36.1. The quantitative estimate of drug-likeness (QED) is 0.0311. The molecule has 8 aromatic carbocycles. The van der Waals surface area contributed by atoms with Crippen LogP contribution in [-0.4, -0.2) is 17.3 Å². The highest BCUT2D eigenvalue weighted by atomic mass is 16.7. The van der Waals surface area contributed by atoms with Crippen LogP contribution in [0.25, 0.3) is 10.8 Å². The number of azo groups is 1. The molecule has 0 aromatic heterocycles. The molecular weight excluding hydrogens is 795 g/mol. The van der Waals surface area contributed by atoms with E-state index in [0.717, 1.165) is 63.9 Å². The van der Waals surface area contributed by atoms with Crippen molar-refractivity contribution in [1.29, 1.82) is 0 Å². The molecule has 0 aliphatic carbocycles. The number of benzene rings is 8. The molecule has 0 aliphatic rings. The molecule has 0 bridgehead atoms. The third kappa shape index (κ3) is 10.9. The molecule has 0 fully saturated rings. The van der Waals surface area contributed by atoms with E-state index in [1.165, 1.54) is 28.7 Å². The predicted octanol–water partition coefficient (Wildman–Crippen LogP) is 14.3. The van der Waals surface area contributed by atoms with E-state index >= 15 is 0 Å². The van der Waals surface area contributed by atoms with E-state index in [4.69, 9.17) is 9.68 Å². The van der Waals surface area contributed by atoms with Crippen molar-refractivity contribution >= 4 is 57.1 Å². The normalized spacial score (nSPS) is 11.3. The molecule has 0 atom stereocenters. The Balaban J connectivity index is 0.778. The van der Waals surface area contributed by atoms with Crippen LogP contribution in [0.2, 0.25) is 0 Å². The Morgan fingerprint density at radius 1 is 0.609 bits per heavy atom. The number of carbonyl (C=O) groups is 1. The maximum atomic E-state index is 12.9. The third-order valence-corrected chi connectivity index (χ3v) is 10.9. The van der Waals surface area contributed by atoms with E-state index in [1.807, 2.05) is 67.6 Å². The van der Waals surface area contributed by atoms with Gasteiger partial charge in [0.25, 0.3) is 0 Å².